The van der Waals surface area contributed by atoms with Crippen LogP contribution < -0.4 is 0 Å². The summed E-state index contributed by atoms with van der Waals surface area (Å²) >= 11 is 0. The lowest BCUT2D eigenvalue weighted by Gasteiger charge is -2.20. The highest BCUT2D eigenvalue weighted by molar-refractivity contribution is 4.96. The Hall–Kier alpha value is -0.930. The minimum atomic E-state index is -2.63. The molecule has 0 radical (unpaired) electrons. The number of nitrogens with zero attached hydrogens (tertiary/aromatic N) is 3. The molecule has 9 nitrogen and oxygen atoms in total. The second kappa shape index (κ2) is 4.29. The van der Waals surface area contributed by atoms with Gasteiger partial charge in [-0.3, -0.25) is 0 Å². The van der Waals surface area contributed by atoms with E-state index in [1.807, 2.05) is 0 Å². The van der Waals surface area contributed by atoms with Crippen molar-refractivity contribution in [1.82, 2.24) is 0 Å². The van der Waals surface area contributed by atoms with Gasteiger partial charge in [0.25, 0.3) is 5.91 Å². The van der Waals surface area contributed by atoms with Gasteiger partial charge in [-0.15, -0.1) is 0 Å². The fourth-order valence-corrected chi connectivity index (χ4v) is 1.30. The molecule has 0 aromatic carbocycles. The van der Waals surface area contributed by atoms with Crippen molar-refractivity contribution < 1.29 is 30.3 Å². The van der Waals surface area contributed by atoms with Crippen LogP contribution in [0.4, 0.5) is 0 Å². The molecule has 1 aliphatic rings. The fraction of sp³-hybridized carbons (Fsp3) is 1.00. The van der Waals surface area contributed by atoms with Crippen LogP contribution in [0.5, 0.6) is 0 Å². The molecule has 5 N–H and O–H groups in total. The number of hydrogen-bond donors (Lipinski definition) is 5. The lowest BCUT2D eigenvalue weighted by atomic mass is 10.1. The van der Waals surface area contributed by atoms with E-state index in [1.165, 1.54) is 0 Å². The molecule has 1 rings (SSSR count). The molecule has 0 aromatic rings. The van der Waals surface area contributed by atoms with Crippen LogP contribution in [-0.2, 0) is 4.74 Å². The molecule has 86 valence electrons. The predicted octanol–water partition coefficient (Wildman–Crippen LogP) is -2.58. The Bertz CT molecular complexity index is 282. The molecule has 15 heavy (non-hydrogen) atoms. The maximum atomic E-state index is 9.40. The Balaban J connectivity index is 2.88. The maximum Gasteiger partial charge on any atom is 0.276 e. The molecule has 0 aliphatic carbocycles. The van der Waals surface area contributed by atoms with E-state index in [2.05, 4.69) is 14.8 Å². The summed E-state index contributed by atoms with van der Waals surface area (Å²) < 4.78 is 4.59. The van der Waals surface area contributed by atoms with Crippen molar-refractivity contribution in [2.24, 2.45) is 5.11 Å². The minimum Gasteiger partial charge on any atom is -0.394 e. The van der Waals surface area contributed by atoms with Gasteiger partial charge in [-0.1, -0.05) is 0 Å². The molecule has 9 heteroatoms. The van der Waals surface area contributed by atoms with Crippen LogP contribution in [0.15, 0.2) is 5.11 Å². The van der Waals surface area contributed by atoms with Gasteiger partial charge in [-0.05, 0) is 10.6 Å². The Labute approximate surface area is 83.8 Å². The molecule has 0 aromatic heterocycles. The van der Waals surface area contributed by atoms with Crippen LogP contribution in [0.3, 0.4) is 0 Å². The molecule has 0 saturated carbocycles. The number of aliphatic hydroxyl groups excluding tert-OH is 4. The Morgan fingerprint density at radius 1 is 1.53 bits per heavy atom. The zero-order valence-corrected chi connectivity index (χ0v) is 7.50. The summed E-state index contributed by atoms with van der Waals surface area (Å²) in [7, 11) is 0. The molecular formula is C6H11N3O6. The highest BCUT2D eigenvalue weighted by Crippen LogP contribution is 2.31. The summed E-state index contributed by atoms with van der Waals surface area (Å²) in [5.74, 6) is -2.63. The summed E-state index contributed by atoms with van der Waals surface area (Å²) in [6.45, 7) is -0.735. The highest BCUT2D eigenvalue weighted by Gasteiger charge is 2.55. The van der Waals surface area contributed by atoms with Gasteiger partial charge >= 0.3 is 0 Å². The summed E-state index contributed by atoms with van der Waals surface area (Å²) in [6.07, 6.45) is -6.49. The van der Waals surface area contributed by atoms with Crippen LogP contribution in [0.2, 0.25) is 0 Å². The fourth-order valence-electron chi connectivity index (χ4n) is 1.30. The van der Waals surface area contributed by atoms with Gasteiger partial charge in [0.1, 0.15) is 24.4 Å². The molecule has 5 atom stereocenters. The second-order valence-electron chi connectivity index (χ2n) is 3.12. The van der Waals surface area contributed by atoms with E-state index in [4.69, 9.17) is 15.7 Å². The van der Waals surface area contributed by atoms with Crippen molar-refractivity contribution in [3.05, 3.63) is 10.4 Å². The lowest BCUT2D eigenvalue weighted by molar-refractivity contribution is -0.233. The summed E-state index contributed by atoms with van der Waals surface area (Å²) in [4.78, 5) is 2.23. The third kappa shape index (κ3) is 2.03. The van der Waals surface area contributed by atoms with Crippen molar-refractivity contribution in [3.8, 4) is 0 Å². The molecule has 1 heterocycles. The first-order valence-corrected chi connectivity index (χ1v) is 4.07. The van der Waals surface area contributed by atoms with Gasteiger partial charge in [0.2, 0.25) is 0 Å². The zero-order chi connectivity index (χ0) is 11.6. The van der Waals surface area contributed by atoms with Crippen LogP contribution in [0.25, 0.3) is 10.4 Å². The summed E-state index contributed by atoms with van der Waals surface area (Å²) in [5, 5.41) is 48.5. The Kier molecular flexibility index (Phi) is 3.47. The van der Waals surface area contributed by atoms with E-state index < -0.39 is 36.9 Å². The van der Waals surface area contributed by atoms with E-state index in [9.17, 15) is 15.3 Å². The van der Waals surface area contributed by atoms with E-state index in [0.29, 0.717) is 0 Å². The molecule has 1 unspecified atom stereocenters. The third-order valence-electron chi connectivity index (χ3n) is 2.11. The van der Waals surface area contributed by atoms with Gasteiger partial charge in [0.15, 0.2) is 0 Å². The first-order chi connectivity index (χ1) is 6.96. The average molecular weight is 221 g/mol. The molecule has 1 aliphatic heterocycles. The van der Waals surface area contributed by atoms with Crippen LogP contribution in [0.1, 0.15) is 0 Å². The average Bonchev–Trinajstić information content (AvgIpc) is 2.43. The van der Waals surface area contributed by atoms with Crippen LogP contribution >= 0.6 is 0 Å². The number of rotatable bonds is 3. The van der Waals surface area contributed by atoms with Gasteiger partial charge in [0, 0.05) is 4.91 Å². The van der Waals surface area contributed by atoms with Crippen molar-refractivity contribution in [1.29, 1.82) is 0 Å². The predicted molar refractivity (Wildman–Crippen MR) is 44.1 cm³/mol. The number of azide groups is 1. The van der Waals surface area contributed by atoms with E-state index in [-0.39, 0.29) is 0 Å². The maximum absolute atomic E-state index is 9.40. The number of hydrogen-bond acceptors (Lipinski definition) is 7. The SMILES string of the molecule is [N-]=[N+]=NC1(O)O[C@@H]([C@H](O)CO)[C@H](O)[C@H]1O. The van der Waals surface area contributed by atoms with Gasteiger partial charge in [-0.2, -0.15) is 0 Å². The molecule has 1 fully saturated rings. The zero-order valence-electron chi connectivity index (χ0n) is 7.50. The van der Waals surface area contributed by atoms with Gasteiger partial charge in [-0.25, -0.2) is 0 Å². The van der Waals surface area contributed by atoms with Crippen molar-refractivity contribution in [2.45, 2.75) is 30.3 Å². The molecule has 0 amide bonds. The van der Waals surface area contributed by atoms with Gasteiger partial charge in [0.05, 0.1) is 6.61 Å². The number of ether oxygens (including phenoxy) is 1. The Morgan fingerprint density at radius 2 is 2.13 bits per heavy atom. The summed E-state index contributed by atoms with van der Waals surface area (Å²) in [5.41, 5.74) is 8.09. The van der Waals surface area contributed by atoms with Crippen molar-refractivity contribution in [2.75, 3.05) is 6.61 Å². The first kappa shape index (κ1) is 12.1. The third-order valence-corrected chi connectivity index (χ3v) is 2.11. The van der Waals surface area contributed by atoms with E-state index in [0.717, 1.165) is 0 Å². The first-order valence-electron chi connectivity index (χ1n) is 4.07. The molecule has 1 saturated heterocycles. The van der Waals surface area contributed by atoms with E-state index in [1.54, 1.807) is 0 Å². The lowest BCUT2D eigenvalue weighted by Crippen LogP contribution is -2.42. The number of aliphatic hydroxyl groups is 5. The van der Waals surface area contributed by atoms with E-state index >= 15 is 0 Å². The monoisotopic (exact) mass is 221 g/mol. The van der Waals surface area contributed by atoms with Crippen LogP contribution in [-0.4, -0.2) is 62.5 Å². The topological polar surface area (TPSA) is 159 Å². The summed E-state index contributed by atoms with van der Waals surface area (Å²) in [6, 6.07) is 0. The second-order valence-corrected chi connectivity index (χ2v) is 3.12. The smallest absolute Gasteiger partial charge is 0.276 e. The van der Waals surface area contributed by atoms with Crippen LogP contribution in [0, 0.1) is 0 Å². The quantitative estimate of drug-likeness (QED) is 0.200. The Morgan fingerprint density at radius 3 is 2.60 bits per heavy atom. The largest absolute Gasteiger partial charge is 0.394 e. The molecule has 0 spiro atoms. The van der Waals surface area contributed by atoms with Crippen molar-refractivity contribution in [3.63, 3.8) is 0 Å². The normalized spacial score (nSPS) is 42.3. The minimum absolute atomic E-state index is 0.735. The van der Waals surface area contributed by atoms with Crippen molar-refractivity contribution >= 4 is 0 Å². The highest BCUT2D eigenvalue weighted by atomic mass is 16.7. The molecule has 0 bridgehead atoms. The standard InChI is InChI=1S/C6H11N3O6/c7-9-8-6(14)5(13)3(12)4(15-6)2(11)1-10/h2-5,10-14H,1H2/t2-,3+,4+,5-,6?/m1/s1. The molecular weight excluding hydrogens is 210 g/mol. The van der Waals surface area contributed by atoms with Gasteiger partial charge < -0.3 is 30.3 Å².